The number of rotatable bonds is 4. The van der Waals surface area contributed by atoms with Crippen LogP contribution >= 0.6 is 46.4 Å². The fourth-order valence-corrected chi connectivity index (χ4v) is 6.49. The Hall–Kier alpha value is -0.880. The van der Waals surface area contributed by atoms with Crippen molar-refractivity contribution in [1.82, 2.24) is 0 Å². The maximum Gasteiger partial charge on any atom is 0.226 e. The van der Waals surface area contributed by atoms with Crippen molar-refractivity contribution < 1.29 is 18.9 Å². The van der Waals surface area contributed by atoms with Crippen molar-refractivity contribution >= 4 is 57.2 Å². The molecule has 144 valence electrons. The van der Waals surface area contributed by atoms with Gasteiger partial charge in [-0.05, 0) is 0 Å². The van der Waals surface area contributed by atoms with E-state index in [0.29, 0.717) is 22.6 Å². The Labute approximate surface area is 176 Å². The second-order valence-corrected chi connectivity index (χ2v) is 8.22. The van der Waals surface area contributed by atoms with Gasteiger partial charge in [0.2, 0.25) is 5.79 Å². The van der Waals surface area contributed by atoms with E-state index in [-0.39, 0.29) is 10.1 Å². The van der Waals surface area contributed by atoms with Crippen molar-refractivity contribution in [1.29, 1.82) is 0 Å². The Kier molecular flexibility index (Phi) is 4.36. The molecule has 0 unspecified atom stereocenters. The molecule has 4 rings (SSSR count). The highest BCUT2D eigenvalue weighted by Gasteiger charge is 2.81. The average Bonchev–Trinajstić information content (AvgIpc) is 2.95. The first-order valence-electron chi connectivity index (χ1n) is 8.03. The van der Waals surface area contributed by atoms with Gasteiger partial charge in [-0.25, -0.2) is 0 Å². The summed E-state index contributed by atoms with van der Waals surface area (Å²) in [5.41, 5.74) is 1.05. The first-order valence-corrected chi connectivity index (χ1v) is 9.54. The van der Waals surface area contributed by atoms with E-state index in [9.17, 15) is 0 Å². The van der Waals surface area contributed by atoms with E-state index in [1.54, 1.807) is 14.2 Å². The predicted molar refractivity (Wildman–Crippen MR) is 108 cm³/mol. The molecule has 2 bridgehead atoms. The molecule has 8 heteroatoms. The topological polar surface area (TPSA) is 36.9 Å². The number of methoxy groups -OCH3 is 4. The summed E-state index contributed by atoms with van der Waals surface area (Å²) in [6.45, 7) is 0. The zero-order valence-electron chi connectivity index (χ0n) is 15.0. The minimum atomic E-state index is -1.60. The highest BCUT2D eigenvalue weighted by Crippen LogP contribution is 2.78. The van der Waals surface area contributed by atoms with Gasteiger partial charge < -0.3 is 18.9 Å². The number of ether oxygens (including phenoxy) is 4. The van der Waals surface area contributed by atoms with Crippen LogP contribution in [-0.4, -0.2) is 34.2 Å². The molecule has 0 N–H and O–H groups in total. The van der Waals surface area contributed by atoms with Crippen molar-refractivity contribution in [3.63, 3.8) is 0 Å². The molecule has 0 saturated carbocycles. The van der Waals surface area contributed by atoms with E-state index in [4.69, 9.17) is 65.4 Å². The standard InChI is InChI=1S/C19H16Cl4O4/c1-24-13-9-7-5-6-8-10(9)14(25-2)12-11(13)17(22)15(20)16(21)18(12,23)19(17,26-3)27-4/h5-8H,1-4H3/t17-,18+. The van der Waals surface area contributed by atoms with Crippen LogP contribution in [0.15, 0.2) is 34.3 Å². The Balaban J connectivity index is 2.31. The molecule has 0 saturated heterocycles. The number of alkyl halides is 2. The number of hydrogen-bond acceptors (Lipinski definition) is 4. The molecule has 0 aromatic heterocycles. The maximum absolute atomic E-state index is 7.15. The van der Waals surface area contributed by atoms with Crippen LogP contribution in [0.25, 0.3) is 10.8 Å². The minimum absolute atomic E-state index is 0.132. The second-order valence-electron chi connectivity index (χ2n) is 6.33. The van der Waals surface area contributed by atoms with Crippen LogP contribution < -0.4 is 9.47 Å². The van der Waals surface area contributed by atoms with Crippen molar-refractivity contribution in [2.24, 2.45) is 0 Å². The monoisotopic (exact) mass is 448 g/mol. The minimum Gasteiger partial charge on any atom is -0.496 e. The third-order valence-corrected chi connectivity index (χ3v) is 7.99. The third kappa shape index (κ3) is 1.81. The normalized spacial score (nSPS) is 28.0. The van der Waals surface area contributed by atoms with Crippen molar-refractivity contribution in [2.75, 3.05) is 28.4 Å². The number of halogens is 4. The molecular formula is C19H16Cl4O4. The fraction of sp³-hybridized carbons (Fsp3) is 0.368. The van der Waals surface area contributed by atoms with E-state index in [1.807, 2.05) is 24.3 Å². The SMILES string of the molecule is COc1c2c(c(OC)c3ccccc13)[C@@]1(Cl)C(Cl)=C(Cl)[C@]2(Cl)C1(OC)OC. The van der Waals surface area contributed by atoms with Gasteiger partial charge in [0, 0.05) is 36.1 Å². The van der Waals surface area contributed by atoms with Crippen LogP contribution in [0.1, 0.15) is 11.1 Å². The van der Waals surface area contributed by atoms with Crippen LogP contribution in [0, 0.1) is 0 Å². The molecule has 0 spiro atoms. The van der Waals surface area contributed by atoms with Crippen LogP contribution in [0.4, 0.5) is 0 Å². The molecule has 0 heterocycles. The van der Waals surface area contributed by atoms with Gasteiger partial charge >= 0.3 is 0 Å². The summed E-state index contributed by atoms with van der Waals surface area (Å²) < 4.78 is 23.1. The van der Waals surface area contributed by atoms with Crippen molar-refractivity contribution in [3.8, 4) is 11.5 Å². The van der Waals surface area contributed by atoms with Crippen LogP contribution in [-0.2, 0) is 19.2 Å². The smallest absolute Gasteiger partial charge is 0.226 e. The Morgan fingerprint density at radius 3 is 1.37 bits per heavy atom. The zero-order chi connectivity index (χ0) is 19.8. The van der Waals surface area contributed by atoms with Crippen LogP contribution in [0.3, 0.4) is 0 Å². The number of benzene rings is 2. The summed E-state index contributed by atoms with van der Waals surface area (Å²) in [5, 5.41) is 1.86. The fourth-order valence-electron chi connectivity index (χ4n) is 4.48. The molecule has 0 fully saturated rings. The maximum atomic E-state index is 7.15. The van der Waals surface area contributed by atoms with E-state index in [0.717, 1.165) is 10.8 Å². The quantitative estimate of drug-likeness (QED) is 0.460. The van der Waals surface area contributed by atoms with Crippen LogP contribution in [0.2, 0.25) is 0 Å². The Bertz CT molecular complexity index is 926. The summed E-state index contributed by atoms with van der Waals surface area (Å²) in [6, 6.07) is 7.60. The van der Waals surface area contributed by atoms with Gasteiger partial charge in [0.1, 0.15) is 11.5 Å². The lowest BCUT2D eigenvalue weighted by Gasteiger charge is -2.40. The van der Waals surface area contributed by atoms with Crippen LogP contribution in [0.5, 0.6) is 11.5 Å². The summed E-state index contributed by atoms with van der Waals surface area (Å²) in [7, 11) is 6.01. The Morgan fingerprint density at radius 1 is 0.704 bits per heavy atom. The van der Waals surface area contributed by atoms with E-state index >= 15 is 0 Å². The number of fused-ring (bicyclic) bond motifs is 6. The lowest BCUT2D eigenvalue weighted by Crippen LogP contribution is -2.53. The Morgan fingerprint density at radius 2 is 1.07 bits per heavy atom. The average molecular weight is 450 g/mol. The summed E-state index contributed by atoms with van der Waals surface area (Å²) in [6.07, 6.45) is 0. The molecule has 2 aromatic rings. The summed E-state index contributed by atoms with van der Waals surface area (Å²) >= 11 is 27.5. The molecule has 0 radical (unpaired) electrons. The molecule has 0 amide bonds. The molecular weight excluding hydrogens is 434 g/mol. The van der Waals surface area contributed by atoms with Gasteiger partial charge in [0.05, 0.1) is 24.3 Å². The van der Waals surface area contributed by atoms with Gasteiger partial charge in [-0.2, -0.15) is 0 Å². The molecule has 2 aliphatic carbocycles. The number of hydrogen-bond donors (Lipinski definition) is 0. The van der Waals surface area contributed by atoms with Gasteiger partial charge in [-0.1, -0.05) is 47.5 Å². The molecule has 4 nitrogen and oxygen atoms in total. The largest absolute Gasteiger partial charge is 0.496 e. The molecule has 2 aliphatic rings. The highest BCUT2D eigenvalue weighted by atomic mass is 35.5. The summed E-state index contributed by atoms with van der Waals surface area (Å²) in [5.74, 6) is -0.572. The first kappa shape index (κ1) is 19.4. The molecule has 0 aliphatic heterocycles. The second kappa shape index (κ2) is 6.06. The van der Waals surface area contributed by atoms with Gasteiger partial charge in [-0.15, -0.1) is 23.2 Å². The van der Waals surface area contributed by atoms with E-state index in [2.05, 4.69) is 0 Å². The molecule has 2 atom stereocenters. The van der Waals surface area contributed by atoms with Crippen molar-refractivity contribution in [2.45, 2.75) is 15.5 Å². The predicted octanol–water partition coefficient (Wildman–Crippen LogP) is 5.43. The van der Waals surface area contributed by atoms with Crippen molar-refractivity contribution in [3.05, 3.63) is 45.5 Å². The molecule has 2 aromatic carbocycles. The van der Waals surface area contributed by atoms with E-state index < -0.39 is 15.5 Å². The summed E-state index contributed by atoms with van der Waals surface area (Å²) in [4.78, 5) is -3.04. The zero-order valence-corrected chi connectivity index (χ0v) is 18.0. The first-order chi connectivity index (χ1) is 12.8. The van der Waals surface area contributed by atoms with Gasteiger partial charge in [-0.3, -0.25) is 0 Å². The lowest BCUT2D eigenvalue weighted by molar-refractivity contribution is -0.228. The third-order valence-electron chi connectivity index (χ3n) is 5.50. The molecule has 27 heavy (non-hydrogen) atoms. The van der Waals surface area contributed by atoms with Gasteiger partial charge in [0.15, 0.2) is 9.75 Å². The van der Waals surface area contributed by atoms with Gasteiger partial charge in [0.25, 0.3) is 0 Å². The van der Waals surface area contributed by atoms with E-state index in [1.165, 1.54) is 14.2 Å². The highest BCUT2D eigenvalue weighted by molar-refractivity contribution is 6.52. The lowest BCUT2D eigenvalue weighted by atomic mass is 9.89.